The van der Waals surface area contributed by atoms with E-state index in [0.717, 1.165) is 5.56 Å². The van der Waals surface area contributed by atoms with Gasteiger partial charge < -0.3 is 15.2 Å². The predicted octanol–water partition coefficient (Wildman–Crippen LogP) is 6.48. The lowest BCUT2D eigenvalue weighted by molar-refractivity contribution is -0.112. The van der Waals surface area contributed by atoms with Crippen molar-refractivity contribution in [3.05, 3.63) is 92.4 Å². The average molecular weight is 474 g/mol. The van der Waals surface area contributed by atoms with Crippen LogP contribution in [-0.4, -0.2) is 11.0 Å². The first kappa shape index (κ1) is 22.5. The molecule has 3 rings (SSSR count). The van der Waals surface area contributed by atoms with Crippen LogP contribution in [0.3, 0.4) is 0 Å². The number of rotatable bonds is 6. The van der Waals surface area contributed by atoms with Gasteiger partial charge in [0.05, 0.1) is 0 Å². The number of carbonyl (C=O) groups excluding carboxylic acids is 1. The number of benzene rings is 3. The summed E-state index contributed by atoms with van der Waals surface area (Å²) in [6.45, 7) is 0.153. The number of halogens is 3. The minimum Gasteiger partial charge on any atom is -0.508 e. The molecule has 31 heavy (non-hydrogen) atoms. The van der Waals surface area contributed by atoms with Crippen LogP contribution in [0.2, 0.25) is 15.1 Å². The van der Waals surface area contributed by atoms with Crippen molar-refractivity contribution in [2.45, 2.75) is 6.61 Å². The van der Waals surface area contributed by atoms with Crippen molar-refractivity contribution in [2.75, 3.05) is 5.32 Å². The number of phenolic OH excluding ortho intramolecular Hbond substituents is 1. The van der Waals surface area contributed by atoms with Gasteiger partial charge in [0.15, 0.2) is 0 Å². The molecule has 3 aromatic carbocycles. The van der Waals surface area contributed by atoms with Crippen molar-refractivity contribution in [1.82, 2.24) is 0 Å². The second-order valence-corrected chi connectivity index (χ2v) is 7.66. The SMILES string of the molecule is N#C/C(=C\c1cc(Cl)ccc1OCc1ccc(Cl)cc1Cl)C(=O)Nc1ccc(O)cc1. The molecule has 0 aromatic heterocycles. The molecule has 0 aliphatic carbocycles. The van der Waals surface area contributed by atoms with Crippen LogP contribution in [0.15, 0.2) is 66.2 Å². The summed E-state index contributed by atoms with van der Waals surface area (Å²) in [7, 11) is 0. The van der Waals surface area contributed by atoms with E-state index in [2.05, 4.69) is 5.32 Å². The normalized spacial score (nSPS) is 11.0. The number of amides is 1. The number of carbonyl (C=O) groups is 1. The van der Waals surface area contributed by atoms with Gasteiger partial charge in [0, 0.05) is 31.9 Å². The van der Waals surface area contributed by atoms with Gasteiger partial charge in [-0.05, 0) is 60.7 Å². The molecule has 0 atom stereocenters. The molecule has 0 saturated carbocycles. The van der Waals surface area contributed by atoms with E-state index in [1.54, 1.807) is 36.4 Å². The van der Waals surface area contributed by atoms with Gasteiger partial charge in [-0.15, -0.1) is 0 Å². The summed E-state index contributed by atoms with van der Waals surface area (Å²) in [6, 6.07) is 17.7. The maximum atomic E-state index is 12.5. The first-order valence-electron chi connectivity index (χ1n) is 8.94. The number of nitrogens with zero attached hydrogens (tertiary/aromatic N) is 1. The zero-order valence-corrected chi connectivity index (χ0v) is 18.2. The number of hydrogen-bond acceptors (Lipinski definition) is 4. The van der Waals surface area contributed by atoms with Crippen molar-refractivity contribution >= 4 is 52.5 Å². The van der Waals surface area contributed by atoms with Crippen molar-refractivity contribution in [3.8, 4) is 17.6 Å². The van der Waals surface area contributed by atoms with E-state index in [0.29, 0.717) is 32.1 Å². The zero-order valence-electron chi connectivity index (χ0n) is 15.9. The first-order valence-corrected chi connectivity index (χ1v) is 10.1. The Morgan fingerprint density at radius 2 is 1.71 bits per heavy atom. The molecule has 1 amide bonds. The van der Waals surface area contributed by atoms with Crippen molar-refractivity contribution < 1.29 is 14.6 Å². The highest BCUT2D eigenvalue weighted by atomic mass is 35.5. The largest absolute Gasteiger partial charge is 0.508 e. The Labute approximate surface area is 194 Å². The predicted molar refractivity (Wildman–Crippen MR) is 123 cm³/mol. The average Bonchev–Trinajstić information content (AvgIpc) is 2.74. The third-order valence-corrected chi connectivity index (χ3v) is 4.98. The number of ether oxygens (including phenoxy) is 1. The van der Waals surface area contributed by atoms with Crippen LogP contribution in [0.25, 0.3) is 6.08 Å². The Morgan fingerprint density at radius 3 is 2.39 bits per heavy atom. The van der Waals surface area contributed by atoms with Gasteiger partial charge in [0.1, 0.15) is 29.7 Å². The van der Waals surface area contributed by atoms with Crippen LogP contribution in [0, 0.1) is 11.3 Å². The molecule has 0 fully saturated rings. The first-order chi connectivity index (χ1) is 14.9. The summed E-state index contributed by atoms with van der Waals surface area (Å²) in [5.41, 5.74) is 1.46. The van der Waals surface area contributed by atoms with Crippen molar-refractivity contribution in [3.63, 3.8) is 0 Å². The summed E-state index contributed by atoms with van der Waals surface area (Å²) in [4.78, 5) is 12.5. The van der Waals surface area contributed by atoms with Crippen LogP contribution in [0.5, 0.6) is 11.5 Å². The maximum absolute atomic E-state index is 12.5. The van der Waals surface area contributed by atoms with Gasteiger partial charge in [0.2, 0.25) is 0 Å². The fourth-order valence-corrected chi connectivity index (χ4v) is 3.25. The van der Waals surface area contributed by atoms with E-state index in [-0.39, 0.29) is 17.9 Å². The summed E-state index contributed by atoms with van der Waals surface area (Å²) in [5, 5.41) is 22.8. The van der Waals surface area contributed by atoms with E-state index in [4.69, 9.17) is 39.5 Å². The van der Waals surface area contributed by atoms with Gasteiger partial charge in [-0.25, -0.2) is 0 Å². The standard InChI is InChI=1S/C23H15Cl3N2O3/c24-17-3-8-22(31-13-14-1-2-18(25)11-21(14)26)15(10-17)9-16(12-27)23(30)28-19-4-6-20(29)7-5-19/h1-11,29H,13H2,(H,28,30)/b16-9+. The van der Waals surface area contributed by atoms with E-state index in [1.165, 1.54) is 30.3 Å². The molecule has 0 bridgehead atoms. The summed E-state index contributed by atoms with van der Waals surface area (Å²) < 4.78 is 5.86. The minimum atomic E-state index is -0.611. The lowest BCUT2D eigenvalue weighted by Gasteiger charge is -2.12. The van der Waals surface area contributed by atoms with Gasteiger partial charge in [-0.2, -0.15) is 5.26 Å². The molecule has 156 valence electrons. The summed E-state index contributed by atoms with van der Waals surface area (Å²) >= 11 is 18.2. The third kappa shape index (κ3) is 6.16. The second-order valence-electron chi connectivity index (χ2n) is 6.38. The van der Waals surface area contributed by atoms with Gasteiger partial charge in [0.25, 0.3) is 5.91 Å². The highest BCUT2D eigenvalue weighted by Crippen LogP contribution is 2.28. The number of anilines is 1. The molecule has 0 heterocycles. The van der Waals surface area contributed by atoms with E-state index in [1.807, 2.05) is 6.07 Å². The Bertz CT molecular complexity index is 1190. The Kier molecular flexibility index (Phi) is 7.43. The molecule has 0 spiro atoms. The molecule has 0 aliphatic heterocycles. The maximum Gasteiger partial charge on any atom is 0.266 e. The van der Waals surface area contributed by atoms with Crippen LogP contribution in [0.1, 0.15) is 11.1 Å². The molecule has 0 aliphatic rings. The van der Waals surface area contributed by atoms with Crippen LogP contribution >= 0.6 is 34.8 Å². The summed E-state index contributed by atoms with van der Waals surface area (Å²) in [5.74, 6) is -0.129. The Morgan fingerprint density at radius 1 is 1.03 bits per heavy atom. The van der Waals surface area contributed by atoms with Crippen LogP contribution in [0.4, 0.5) is 5.69 Å². The fraction of sp³-hybridized carbons (Fsp3) is 0.0435. The molecule has 5 nitrogen and oxygen atoms in total. The molecule has 2 N–H and O–H groups in total. The Balaban J connectivity index is 1.83. The zero-order chi connectivity index (χ0) is 22.4. The molecule has 0 unspecified atom stereocenters. The van der Waals surface area contributed by atoms with Gasteiger partial charge >= 0.3 is 0 Å². The summed E-state index contributed by atoms with van der Waals surface area (Å²) in [6.07, 6.45) is 1.39. The molecule has 0 radical (unpaired) electrons. The number of nitriles is 1. The third-order valence-electron chi connectivity index (χ3n) is 4.16. The minimum absolute atomic E-state index is 0.0653. The van der Waals surface area contributed by atoms with E-state index >= 15 is 0 Å². The molecule has 8 heteroatoms. The highest BCUT2D eigenvalue weighted by molar-refractivity contribution is 6.35. The lowest BCUT2D eigenvalue weighted by atomic mass is 10.1. The second kappa shape index (κ2) is 10.2. The van der Waals surface area contributed by atoms with Crippen LogP contribution in [-0.2, 0) is 11.4 Å². The van der Waals surface area contributed by atoms with E-state index in [9.17, 15) is 15.2 Å². The number of nitrogens with one attached hydrogen (secondary N) is 1. The fourth-order valence-electron chi connectivity index (χ4n) is 2.61. The van der Waals surface area contributed by atoms with Crippen molar-refractivity contribution in [2.24, 2.45) is 0 Å². The lowest BCUT2D eigenvalue weighted by Crippen LogP contribution is -2.13. The molecular weight excluding hydrogens is 459 g/mol. The van der Waals surface area contributed by atoms with Crippen LogP contribution < -0.4 is 10.1 Å². The smallest absolute Gasteiger partial charge is 0.266 e. The monoisotopic (exact) mass is 472 g/mol. The molecule has 0 saturated heterocycles. The van der Waals surface area contributed by atoms with Gasteiger partial charge in [-0.3, -0.25) is 4.79 Å². The number of aromatic hydroxyl groups is 1. The van der Waals surface area contributed by atoms with Crippen molar-refractivity contribution in [1.29, 1.82) is 5.26 Å². The molecular formula is C23H15Cl3N2O3. The Hall–Kier alpha value is -3.17. The van der Waals surface area contributed by atoms with E-state index < -0.39 is 5.91 Å². The number of phenols is 1. The topological polar surface area (TPSA) is 82.3 Å². The number of hydrogen-bond donors (Lipinski definition) is 2. The quantitative estimate of drug-likeness (QED) is 0.244. The highest BCUT2D eigenvalue weighted by Gasteiger charge is 2.13. The molecule has 3 aromatic rings. The van der Waals surface area contributed by atoms with Gasteiger partial charge in [-0.1, -0.05) is 40.9 Å².